The van der Waals surface area contributed by atoms with Crippen molar-refractivity contribution in [2.24, 2.45) is 0 Å². The molecule has 0 N–H and O–H groups in total. The van der Waals surface area contributed by atoms with Crippen LogP contribution in [0.1, 0.15) is 87.2 Å². The number of hydrogen-bond donors (Lipinski definition) is 0. The minimum Gasteiger partial charge on any atom is -0.309 e. The number of pyridine rings is 1. The first-order valence-corrected chi connectivity index (χ1v) is 34.0. The number of halogens is 2. The molecule has 4 nitrogen and oxygen atoms in total. The first-order valence-electron chi connectivity index (χ1n) is 30.7. The smallest absolute Gasteiger partial charge is 0.147 e. The molecule has 0 saturated heterocycles. The highest BCUT2D eigenvalue weighted by Gasteiger charge is 2.33. The summed E-state index contributed by atoms with van der Waals surface area (Å²) in [6.07, 6.45) is 16.2. The molecule has 2 aliphatic carbocycles. The first-order chi connectivity index (χ1) is 43.0. The van der Waals surface area contributed by atoms with E-state index in [4.69, 9.17) is 0 Å². The molecule has 2 fully saturated rings. The Balaban J connectivity index is 0.983. The van der Waals surface area contributed by atoms with Crippen molar-refractivity contribution in [3.05, 3.63) is 229 Å². The van der Waals surface area contributed by atoms with Crippen LogP contribution in [0.4, 0.5) is 42.9 Å². The molecular weight excluding hydrogens is 1150 g/mol. The number of aromatic nitrogens is 2. The molecule has 0 unspecified atom stereocenters. The van der Waals surface area contributed by atoms with Gasteiger partial charge in [0.25, 0.3) is 0 Å². The Morgan fingerprint density at radius 2 is 0.782 bits per heavy atom. The molecule has 87 heavy (non-hydrogen) atoms. The number of para-hydroxylation sites is 2. The van der Waals surface area contributed by atoms with E-state index in [2.05, 4.69) is 165 Å². The van der Waals surface area contributed by atoms with Crippen molar-refractivity contribution in [3.8, 4) is 5.69 Å². The second-order valence-corrected chi connectivity index (χ2v) is 28.1. The minimum absolute atomic E-state index is 0.300. The van der Waals surface area contributed by atoms with Gasteiger partial charge in [-0.15, -0.1) is 45.3 Å². The van der Waals surface area contributed by atoms with Crippen LogP contribution in [0.5, 0.6) is 0 Å². The third-order valence-corrected chi connectivity index (χ3v) is 24.1. The van der Waals surface area contributed by atoms with Crippen LogP contribution in [0.2, 0.25) is 0 Å². The Hall–Kier alpha value is -8.51. The second-order valence-electron chi connectivity index (χ2n) is 23.9. The lowest BCUT2D eigenvalue weighted by atomic mass is 9.84. The van der Waals surface area contributed by atoms with Gasteiger partial charge in [0.2, 0.25) is 0 Å². The first kappa shape index (κ1) is 51.7. The highest BCUT2D eigenvalue weighted by Crippen LogP contribution is 2.58. The summed E-state index contributed by atoms with van der Waals surface area (Å²) in [4.78, 5) is 9.06. The Bertz CT molecular complexity index is 5440. The van der Waals surface area contributed by atoms with E-state index < -0.39 is 0 Å². The van der Waals surface area contributed by atoms with Gasteiger partial charge < -0.3 is 14.4 Å². The normalized spacial score (nSPS) is 14.7. The number of thiophene rings is 4. The third-order valence-electron chi connectivity index (χ3n) is 19.2. The largest absolute Gasteiger partial charge is 0.309 e. The maximum Gasteiger partial charge on any atom is 0.147 e. The molecule has 2 aliphatic rings. The molecule has 0 spiro atoms. The summed E-state index contributed by atoms with van der Waals surface area (Å²) in [5, 5.41) is 11.5. The van der Waals surface area contributed by atoms with Crippen LogP contribution in [0.15, 0.2) is 207 Å². The summed E-state index contributed by atoms with van der Waals surface area (Å²) in [5.41, 5.74) is 10.4. The van der Waals surface area contributed by atoms with E-state index in [-0.39, 0.29) is 11.6 Å². The predicted octanol–water partition coefficient (Wildman–Crippen LogP) is 25.0. The van der Waals surface area contributed by atoms with Gasteiger partial charge >= 0.3 is 0 Å². The third kappa shape index (κ3) is 7.96. The summed E-state index contributed by atoms with van der Waals surface area (Å²) in [7, 11) is 0. The van der Waals surface area contributed by atoms with Crippen molar-refractivity contribution >= 4 is 182 Å². The second kappa shape index (κ2) is 20.6. The predicted molar refractivity (Wildman–Crippen MR) is 371 cm³/mol. The molecule has 2 saturated carbocycles. The standard InChI is InChI=1S/C77H56F2N4S4/c78-56-31-9-11-33-58(56)82(60-35-17-29-52-50-27-15-25-48(72(50)86-74(52)60)45-19-3-1-4-20-45)62-43-64-71(77-68(62)54-23-7-13-37-66(54)85-77)70-63(81(64)47-39-41-80-42-40-47)44-65(76-69(70)55-24-8-14-38-67(55)84-76)83(59-34-12-10-32-57(59)79)61-36-18-30-53-51-28-16-26-49(73(51)87-75(53)61)46-21-5-2-6-22-46/h7-18,23-46H,1-6,19-22H2. The Labute approximate surface area is 517 Å². The zero-order chi connectivity index (χ0) is 57.4. The van der Waals surface area contributed by atoms with E-state index in [1.165, 1.54) is 106 Å². The van der Waals surface area contributed by atoms with Crippen LogP contribution in [0, 0.1) is 11.6 Å². The molecule has 0 aliphatic heterocycles. The Morgan fingerprint density at radius 1 is 0.345 bits per heavy atom. The van der Waals surface area contributed by atoms with Crippen molar-refractivity contribution in [1.82, 2.24) is 9.55 Å². The van der Waals surface area contributed by atoms with E-state index in [0.29, 0.717) is 23.2 Å². The maximum absolute atomic E-state index is 17.5. The van der Waals surface area contributed by atoms with E-state index in [1.807, 2.05) is 59.3 Å². The van der Waals surface area contributed by atoms with E-state index in [0.717, 1.165) is 100.0 Å². The Morgan fingerprint density at radius 3 is 1.34 bits per heavy atom. The van der Waals surface area contributed by atoms with E-state index in [1.54, 1.807) is 46.9 Å². The number of benzene rings is 10. The van der Waals surface area contributed by atoms with Crippen LogP contribution in [0.3, 0.4) is 0 Å². The summed E-state index contributed by atoms with van der Waals surface area (Å²) >= 11 is 7.30. The molecule has 0 amide bonds. The quantitative estimate of drug-likeness (QED) is 0.144. The average Bonchev–Trinajstić information content (AvgIpc) is 1.58. The topological polar surface area (TPSA) is 24.3 Å². The average molecular weight is 1200 g/mol. The highest BCUT2D eigenvalue weighted by atomic mass is 32.1. The van der Waals surface area contributed by atoms with E-state index in [9.17, 15) is 0 Å². The summed E-state index contributed by atoms with van der Waals surface area (Å²) in [6.45, 7) is 0. The fourth-order valence-corrected chi connectivity index (χ4v) is 20.6. The molecule has 6 heterocycles. The number of fused-ring (bicyclic) bond motifs is 17. The minimum atomic E-state index is -0.302. The molecule has 422 valence electrons. The number of anilines is 6. The molecule has 10 aromatic carbocycles. The fraction of sp³-hybridized carbons (Fsp3) is 0.156. The van der Waals surface area contributed by atoms with Crippen LogP contribution in [0.25, 0.3) is 108 Å². The van der Waals surface area contributed by atoms with E-state index >= 15 is 8.78 Å². The van der Waals surface area contributed by atoms with Gasteiger partial charge in [-0.1, -0.05) is 160 Å². The summed E-state index contributed by atoms with van der Waals surface area (Å²) in [5.74, 6) is 0.439. The van der Waals surface area contributed by atoms with Gasteiger partial charge in [0.15, 0.2) is 0 Å². The van der Waals surface area contributed by atoms with Gasteiger partial charge in [-0.05, 0) is 121 Å². The van der Waals surface area contributed by atoms with Crippen molar-refractivity contribution in [1.29, 1.82) is 0 Å². The van der Waals surface area contributed by atoms with Crippen LogP contribution in [-0.2, 0) is 0 Å². The Kier molecular flexibility index (Phi) is 12.2. The summed E-state index contributed by atoms with van der Waals surface area (Å²) < 4.78 is 46.7. The number of rotatable bonds is 9. The zero-order valence-electron chi connectivity index (χ0n) is 47.5. The molecule has 18 rings (SSSR count). The molecule has 16 aromatic rings. The lowest BCUT2D eigenvalue weighted by Gasteiger charge is -2.28. The van der Waals surface area contributed by atoms with Gasteiger partial charge in [-0.25, -0.2) is 8.78 Å². The fourth-order valence-electron chi connectivity index (χ4n) is 15.3. The number of nitrogens with zero attached hydrogens (tertiary/aromatic N) is 4. The van der Waals surface area contributed by atoms with Gasteiger partial charge in [0.1, 0.15) is 11.6 Å². The van der Waals surface area contributed by atoms with Crippen molar-refractivity contribution in [2.75, 3.05) is 9.80 Å². The molecular formula is C77H56F2N4S4. The maximum atomic E-state index is 17.5. The van der Waals surface area contributed by atoms with Gasteiger partial charge in [-0.2, -0.15) is 0 Å². The molecule has 0 radical (unpaired) electrons. The lowest BCUT2D eigenvalue weighted by Crippen LogP contribution is -2.12. The SMILES string of the molecule is Fc1ccccc1N(c1cccc2c1sc1c(C3CCCCC3)cccc12)c1cc2c(c3c1sc1ccccc13)c1c3sc4ccccc4c3c(N(c3ccccc3F)c3cccc4c3sc3c(C5CCCCC5)cccc34)cc1n2-c1ccncc1. The van der Waals surface area contributed by atoms with Gasteiger partial charge in [0.05, 0.1) is 59.3 Å². The van der Waals surface area contributed by atoms with Crippen molar-refractivity contribution in [3.63, 3.8) is 0 Å². The highest BCUT2D eigenvalue weighted by molar-refractivity contribution is 7.28. The van der Waals surface area contributed by atoms with Crippen molar-refractivity contribution < 1.29 is 8.78 Å². The molecule has 0 atom stereocenters. The molecule has 0 bridgehead atoms. The lowest BCUT2D eigenvalue weighted by molar-refractivity contribution is 0.446. The van der Waals surface area contributed by atoms with Crippen LogP contribution in [-0.4, -0.2) is 9.55 Å². The van der Waals surface area contributed by atoms with Crippen molar-refractivity contribution in [2.45, 2.75) is 76.0 Å². The molecule has 10 heteroatoms. The molecule has 6 aromatic heterocycles. The zero-order valence-corrected chi connectivity index (χ0v) is 50.8. The van der Waals surface area contributed by atoms with Gasteiger partial charge in [-0.3, -0.25) is 4.98 Å². The van der Waals surface area contributed by atoms with Gasteiger partial charge in [0, 0.05) is 95.4 Å². The van der Waals surface area contributed by atoms with Crippen LogP contribution >= 0.6 is 45.3 Å². The van der Waals surface area contributed by atoms with Crippen LogP contribution < -0.4 is 9.80 Å². The monoisotopic (exact) mass is 1200 g/mol. The number of hydrogen-bond acceptors (Lipinski definition) is 7. The summed E-state index contributed by atoms with van der Waals surface area (Å²) in [6, 6.07) is 68.0.